The predicted octanol–water partition coefficient (Wildman–Crippen LogP) is 4.61. The van der Waals surface area contributed by atoms with Crippen molar-refractivity contribution >= 4 is 11.8 Å². The molecule has 1 saturated carbocycles. The van der Waals surface area contributed by atoms with Crippen LogP contribution in [0.25, 0.3) is 0 Å². The molecule has 0 aromatic heterocycles. The van der Waals surface area contributed by atoms with Gasteiger partial charge in [0.05, 0.1) is 0 Å². The van der Waals surface area contributed by atoms with E-state index in [1.165, 1.54) is 64.3 Å². The van der Waals surface area contributed by atoms with Crippen LogP contribution in [-0.2, 0) is 0 Å². The Morgan fingerprint density at radius 3 is 2.12 bits per heavy atom. The summed E-state index contributed by atoms with van der Waals surface area (Å²) in [6.07, 6.45) is 14.8. The van der Waals surface area contributed by atoms with Gasteiger partial charge in [-0.05, 0) is 31.9 Å². The van der Waals surface area contributed by atoms with E-state index in [0.717, 1.165) is 6.04 Å². The number of hydrogen-bond acceptors (Lipinski definition) is 2. The minimum atomic E-state index is 0.554. The van der Waals surface area contributed by atoms with Crippen molar-refractivity contribution in [2.45, 2.75) is 82.4 Å². The number of thioether (sulfide) groups is 1. The number of rotatable bonds is 8. The van der Waals surface area contributed by atoms with Gasteiger partial charge in [0.2, 0.25) is 0 Å². The van der Waals surface area contributed by atoms with Crippen LogP contribution in [0.3, 0.4) is 0 Å². The van der Waals surface area contributed by atoms with Crippen LogP contribution < -0.4 is 5.32 Å². The Kier molecular flexibility index (Phi) is 7.61. The average Bonchev–Trinajstić information content (AvgIpc) is 2.38. The fraction of sp³-hybridized carbons (Fsp3) is 1.00. The molecule has 0 spiro atoms. The lowest BCUT2D eigenvalue weighted by Crippen LogP contribution is -2.43. The summed E-state index contributed by atoms with van der Waals surface area (Å²) >= 11 is 2.11. The van der Waals surface area contributed by atoms with Crippen molar-refractivity contribution in [1.29, 1.82) is 0 Å². The van der Waals surface area contributed by atoms with Crippen molar-refractivity contribution < 1.29 is 0 Å². The smallest absolute Gasteiger partial charge is 0.0281 e. The monoisotopic (exact) mass is 257 g/mol. The van der Waals surface area contributed by atoms with Gasteiger partial charge in [-0.3, -0.25) is 0 Å². The van der Waals surface area contributed by atoms with Gasteiger partial charge in [0, 0.05) is 17.3 Å². The van der Waals surface area contributed by atoms with Crippen molar-refractivity contribution in [3.63, 3.8) is 0 Å². The molecule has 0 aliphatic heterocycles. The second-order valence-electron chi connectivity index (χ2n) is 5.60. The molecule has 0 aromatic carbocycles. The summed E-state index contributed by atoms with van der Waals surface area (Å²) in [7, 11) is 0. The van der Waals surface area contributed by atoms with Gasteiger partial charge in [0.1, 0.15) is 0 Å². The lowest BCUT2D eigenvalue weighted by molar-refractivity contribution is 0.346. The molecule has 1 rings (SSSR count). The fourth-order valence-corrected chi connectivity index (χ4v) is 3.95. The minimum Gasteiger partial charge on any atom is -0.313 e. The first-order valence-corrected chi connectivity index (χ1v) is 8.77. The molecule has 0 unspecified atom stereocenters. The molecule has 0 heterocycles. The Balaban J connectivity index is 2.38. The summed E-state index contributed by atoms with van der Waals surface area (Å²) in [4.78, 5) is 0. The zero-order chi connectivity index (χ0) is 12.6. The van der Waals surface area contributed by atoms with Gasteiger partial charge in [-0.1, -0.05) is 46.0 Å². The van der Waals surface area contributed by atoms with Crippen LogP contribution in [0.15, 0.2) is 0 Å². The Labute approximate surface area is 113 Å². The first-order valence-electron chi connectivity index (χ1n) is 7.55. The summed E-state index contributed by atoms with van der Waals surface area (Å²) in [5.74, 6) is 0. The average molecular weight is 257 g/mol. The first kappa shape index (κ1) is 15.4. The lowest BCUT2D eigenvalue weighted by atomic mass is 9.88. The normalized spacial score (nSPS) is 19.8. The van der Waals surface area contributed by atoms with Gasteiger partial charge in [0.15, 0.2) is 0 Å². The maximum Gasteiger partial charge on any atom is 0.0281 e. The van der Waals surface area contributed by atoms with Gasteiger partial charge in [-0.25, -0.2) is 0 Å². The van der Waals surface area contributed by atoms with Crippen LogP contribution in [-0.4, -0.2) is 23.6 Å². The molecule has 0 aromatic rings. The number of hydrogen-bond donors (Lipinski definition) is 1. The molecular formula is C15H31NS. The van der Waals surface area contributed by atoms with Gasteiger partial charge in [0.25, 0.3) is 0 Å². The van der Waals surface area contributed by atoms with Crippen molar-refractivity contribution in [2.75, 3.05) is 12.8 Å². The maximum atomic E-state index is 3.86. The molecule has 0 atom stereocenters. The molecule has 1 nitrogen and oxygen atoms in total. The van der Waals surface area contributed by atoms with E-state index in [9.17, 15) is 0 Å². The van der Waals surface area contributed by atoms with Crippen molar-refractivity contribution in [3.8, 4) is 0 Å². The molecule has 1 aliphatic rings. The highest BCUT2D eigenvalue weighted by Gasteiger charge is 2.31. The van der Waals surface area contributed by atoms with Crippen LogP contribution in [0.5, 0.6) is 0 Å². The molecule has 0 bridgehead atoms. The van der Waals surface area contributed by atoms with E-state index in [1.54, 1.807) is 0 Å². The van der Waals surface area contributed by atoms with E-state index in [1.807, 2.05) is 0 Å². The third kappa shape index (κ3) is 5.21. The molecular weight excluding hydrogens is 226 g/mol. The van der Waals surface area contributed by atoms with Crippen LogP contribution in [0.2, 0.25) is 0 Å². The van der Waals surface area contributed by atoms with Crippen LogP contribution in [0.1, 0.15) is 71.6 Å². The van der Waals surface area contributed by atoms with E-state index in [2.05, 4.69) is 37.2 Å². The van der Waals surface area contributed by atoms with E-state index < -0.39 is 0 Å². The molecule has 1 N–H and O–H groups in total. The van der Waals surface area contributed by atoms with Crippen LogP contribution in [0, 0.1) is 0 Å². The summed E-state index contributed by atoms with van der Waals surface area (Å²) in [6, 6.07) is 0.760. The maximum absolute atomic E-state index is 3.86. The third-order valence-electron chi connectivity index (χ3n) is 4.18. The van der Waals surface area contributed by atoms with Gasteiger partial charge >= 0.3 is 0 Å². The fourth-order valence-electron chi connectivity index (χ4n) is 3.02. The van der Waals surface area contributed by atoms with Gasteiger partial charge in [-0.15, -0.1) is 0 Å². The second kappa shape index (κ2) is 8.42. The highest BCUT2D eigenvalue weighted by atomic mass is 32.2. The summed E-state index contributed by atoms with van der Waals surface area (Å²) in [5.41, 5.74) is 0. The molecule has 0 saturated heterocycles. The molecule has 102 valence electrons. The zero-order valence-electron chi connectivity index (χ0n) is 12.1. The molecule has 2 heteroatoms. The topological polar surface area (TPSA) is 12.0 Å². The van der Waals surface area contributed by atoms with E-state index in [0.29, 0.717) is 4.75 Å². The molecule has 1 fully saturated rings. The highest BCUT2D eigenvalue weighted by molar-refractivity contribution is 8.00. The molecule has 0 radical (unpaired) electrons. The Morgan fingerprint density at radius 1 is 1.06 bits per heavy atom. The Bertz CT molecular complexity index is 181. The second-order valence-corrected chi connectivity index (χ2v) is 6.88. The van der Waals surface area contributed by atoms with E-state index in [4.69, 9.17) is 0 Å². The summed E-state index contributed by atoms with van der Waals surface area (Å²) < 4.78 is 0.554. The standard InChI is InChI=1S/C15H31NS/c1-4-9-14(10-5-2)16-13-15(17-3)11-7-6-8-12-15/h14,16H,4-13H2,1-3H3. The predicted molar refractivity (Wildman–Crippen MR) is 80.9 cm³/mol. The van der Waals surface area contributed by atoms with E-state index in [-0.39, 0.29) is 0 Å². The van der Waals surface area contributed by atoms with Crippen LogP contribution >= 0.6 is 11.8 Å². The molecule has 1 aliphatic carbocycles. The van der Waals surface area contributed by atoms with Crippen molar-refractivity contribution in [1.82, 2.24) is 5.32 Å². The SMILES string of the molecule is CCCC(CCC)NCC1(SC)CCCCC1. The Morgan fingerprint density at radius 2 is 1.65 bits per heavy atom. The minimum absolute atomic E-state index is 0.554. The van der Waals surface area contributed by atoms with Crippen LogP contribution in [0.4, 0.5) is 0 Å². The first-order chi connectivity index (χ1) is 8.26. The molecule has 17 heavy (non-hydrogen) atoms. The van der Waals surface area contributed by atoms with E-state index >= 15 is 0 Å². The summed E-state index contributed by atoms with van der Waals surface area (Å²) in [6.45, 7) is 5.84. The highest BCUT2D eigenvalue weighted by Crippen LogP contribution is 2.38. The van der Waals surface area contributed by atoms with Gasteiger partial charge < -0.3 is 5.32 Å². The zero-order valence-corrected chi connectivity index (χ0v) is 12.9. The van der Waals surface area contributed by atoms with Crippen molar-refractivity contribution in [2.24, 2.45) is 0 Å². The largest absolute Gasteiger partial charge is 0.313 e. The van der Waals surface area contributed by atoms with Crippen molar-refractivity contribution in [3.05, 3.63) is 0 Å². The lowest BCUT2D eigenvalue weighted by Gasteiger charge is -2.37. The molecule has 0 amide bonds. The quantitative estimate of drug-likeness (QED) is 0.681. The number of nitrogens with one attached hydrogen (secondary N) is 1. The van der Waals surface area contributed by atoms with Gasteiger partial charge in [-0.2, -0.15) is 11.8 Å². The summed E-state index contributed by atoms with van der Waals surface area (Å²) in [5, 5.41) is 3.86. The Hall–Kier alpha value is 0.310. The third-order valence-corrected chi connectivity index (χ3v) is 5.60.